The molecule has 0 aliphatic rings. The van der Waals surface area contributed by atoms with E-state index in [0.717, 1.165) is 11.1 Å². The van der Waals surface area contributed by atoms with Crippen LogP contribution in [0.5, 0.6) is 0 Å². The monoisotopic (exact) mass is 457 g/mol. The van der Waals surface area contributed by atoms with Gasteiger partial charge >= 0.3 is 5.97 Å². The number of carbonyl (C=O) groups is 3. The lowest BCUT2D eigenvalue weighted by atomic mass is 10.0. The second-order valence-electron chi connectivity index (χ2n) is 8.04. The van der Waals surface area contributed by atoms with E-state index in [1.54, 1.807) is 37.3 Å². The van der Waals surface area contributed by atoms with Gasteiger partial charge < -0.3 is 14.6 Å². The van der Waals surface area contributed by atoms with Crippen molar-refractivity contribution in [3.05, 3.63) is 77.0 Å². The molecule has 4 rings (SSSR count). The van der Waals surface area contributed by atoms with E-state index in [1.165, 1.54) is 13.8 Å². The van der Waals surface area contributed by atoms with Gasteiger partial charge in [0.05, 0.1) is 22.3 Å². The number of ketones is 1. The van der Waals surface area contributed by atoms with Crippen LogP contribution in [0.2, 0.25) is 0 Å². The summed E-state index contributed by atoms with van der Waals surface area (Å²) in [6.07, 6.45) is -1.10. The molecule has 0 radical (unpaired) electrons. The lowest BCUT2D eigenvalue weighted by Gasteiger charge is -2.14. The predicted octanol–water partition coefficient (Wildman–Crippen LogP) is 4.89. The fourth-order valence-electron chi connectivity index (χ4n) is 3.47. The summed E-state index contributed by atoms with van der Waals surface area (Å²) in [4.78, 5) is 41.8. The van der Waals surface area contributed by atoms with E-state index < -0.39 is 18.0 Å². The second kappa shape index (κ2) is 9.27. The van der Waals surface area contributed by atoms with Crippen molar-refractivity contribution in [2.75, 3.05) is 5.32 Å². The van der Waals surface area contributed by atoms with Gasteiger partial charge in [-0.2, -0.15) is 0 Å². The van der Waals surface area contributed by atoms with Crippen LogP contribution in [0, 0.1) is 13.8 Å². The van der Waals surface area contributed by atoms with Gasteiger partial charge in [-0.3, -0.25) is 9.59 Å². The summed E-state index contributed by atoms with van der Waals surface area (Å²) in [6.45, 7) is 6.60. The molecule has 1 amide bonds. The van der Waals surface area contributed by atoms with Crippen molar-refractivity contribution in [2.24, 2.45) is 0 Å². The number of fused-ring (bicyclic) bond motifs is 1. The van der Waals surface area contributed by atoms with Crippen LogP contribution >= 0.6 is 0 Å². The third-order valence-corrected chi connectivity index (χ3v) is 5.37. The number of pyridine rings is 1. The summed E-state index contributed by atoms with van der Waals surface area (Å²) in [7, 11) is 0. The van der Waals surface area contributed by atoms with Crippen molar-refractivity contribution in [3.63, 3.8) is 0 Å². The second-order valence-corrected chi connectivity index (χ2v) is 8.04. The van der Waals surface area contributed by atoms with Gasteiger partial charge in [-0.05, 0) is 45.9 Å². The molecule has 0 fully saturated rings. The zero-order chi connectivity index (χ0) is 24.4. The van der Waals surface area contributed by atoms with E-state index in [1.807, 2.05) is 31.2 Å². The topological polar surface area (TPSA) is 111 Å². The molecule has 2 aromatic heterocycles. The number of benzene rings is 2. The molecule has 0 saturated heterocycles. The first kappa shape index (κ1) is 22.8. The summed E-state index contributed by atoms with van der Waals surface area (Å²) in [5.74, 6) is -1.35. The predicted molar refractivity (Wildman–Crippen MR) is 127 cm³/mol. The van der Waals surface area contributed by atoms with Crippen LogP contribution in [-0.2, 0) is 9.53 Å². The summed E-state index contributed by atoms with van der Waals surface area (Å²) in [5, 5.41) is 7.03. The SMILES string of the molecule is CC(=O)c1cccc(NC(=O)C(C)OC(=O)c2cc(-c3ccc(C)cc3)nc3onc(C)c23)c1. The Bertz CT molecular complexity index is 1410. The summed E-state index contributed by atoms with van der Waals surface area (Å²) >= 11 is 0. The highest BCUT2D eigenvalue weighted by atomic mass is 16.5. The Labute approximate surface area is 195 Å². The largest absolute Gasteiger partial charge is 0.449 e. The molecular weight excluding hydrogens is 434 g/mol. The fourth-order valence-corrected chi connectivity index (χ4v) is 3.47. The van der Waals surface area contributed by atoms with Gasteiger partial charge in [0, 0.05) is 16.8 Å². The number of amides is 1. The minimum absolute atomic E-state index is 0.120. The first-order valence-electron chi connectivity index (χ1n) is 10.7. The highest BCUT2D eigenvalue weighted by Crippen LogP contribution is 2.28. The lowest BCUT2D eigenvalue weighted by molar-refractivity contribution is -0.123. The molecule has 8 heteroatoms. The number of rotatable bonds is 6. The molecule has 0 aliphatic carbocycles. The third kappa shape index (κ3) is 4.71. The zero-order valence-electron chi connectivity index (χ0n) is 19.2. The number of hydrogen-bond donors (Lipinski definition) is 1. The number of esters is 1. The molecule has 2 aromatic carbocycles. The number of anilines is 1. The molecular formula is C26H23N3O5. The average Bonchev–Trinajstić information content (AvgIpc) is 3.19. The van der Waals surface area contributed by atoms with Crippen molar-refractivity contribution in [2.45, 2.75) is 33.8 Å². The zero-order valence-corrected chi connectivity index (χ0v) is 19.2. The van der Waals surface area contributed by atoms with Gasteiger partial charge in [-0.25, -0.2) is 9.78 Å². The van der Waals surface area contributed by atoms with Crippen LogP contribution < -0.4 is 5.32 Å². The van der Waals surface area contributed by atoms with Crippen molar-refractivity contribution in [1.82, 2.24) is 10.1 Å². The molecule has 0 saturated carbocycles. The van der Waals surface area contributed by atoms with E-state index in [2.05, 4.69) is 15.5 Å². The van der Waals surface area contributed by atoms with Crippen LogP contribution in [0.15, 0.2) is 59.1 Å². The average molecular weight is 457 g/mol. The van der Waals surface area contributed by atoms with Gasteiger partial charge in [0.25, 0.3) is 11.6 Å². The Kier molecular flexibility index (Phi) is 6.23. The fraction of sp³-hybridized carbons (Fsp3) is 0.192. The number of carbonyl (C=O) groups excluding carboxylic acids is 3. The van der Waals surface area contributed by atoms with Crippen LogP contribution in [0.1, 0.15) is 45.8 Å². The summed E-state index contributed by atoms with van der Waals surface area (Å²) < 4.78 is 10.8. The Hall–Kier alpha value is -4.33. The smallest absolute Gasteiger partial charge is 0.339 e. The molecule has 1 atom stereocenters. The number of Topliss-reactive ketones (excluding diaryl/α,β-unsaturated/α-hetero) is 1. The molecule has 0 aliphatic heterocycles. The summed E-state index contributed by atoms with van der Waals surface area (Å²) in [5.41, 5.74) is 4.21. The van der Waals surface area contributed by atoms with Crippen molar-refractivity contribution in [1.29, 1.82) is 0 Å². The van der Waals surface area contributed by atoms with E-state index in [4.69, 9.17) is 9.26 Å². The highest BCUT2D eigenvalue weighted by molar-refractivity contribution is 6.06. The van der Waals surface area contributed by atoms with Crippen molar-refractivity contribution < 1.29 is 23.6 Å². The van der Waals surface area contributed by atoms with Crippen molar-refractivity contribution >= 4 is 34.4 Å². The van der Waals surface area contributed by atoms with Gasteiger partial charge in [0.2, 0.25) is 0 Å². The van der Waals surface area contributed by atoms with Gasteiger partial charge in [0.1, 0.15) is 0 Å². The Morgan fingerprint density at radius 2 is 1.76 bits per heavy atom. The number of aromatic nitrogens is 2. The minimum atomic E-state index is -1.10. The first-order valence-corrected chi connectivity index (χ1v) is 10.7. The van der Waals surface area contributed by atoms with Crippen LogP contribution in [0.4, 0.5) is 5.69 Å². The number of hydrogen-bond acceptors (Lipinski definition) is 7. The summed E-state index contributed by atoms with van der Waals surface area (Å²) in [6, 6.07) is 15.8. The van der Waals surface area contributed by atoms with Crippen molar-refractivity contribution in [3.8, 4) is 11.3 Å². The Morgan fingerprint density at radius 3 is 2.47 bits per heavy atom. The van der Waals surface area contributed by atoms with Gasteiger partial charge in [0.15, 0.2) is 11.9 Å². The molecule has 2 heterocycles. The van der Waals surface area contributed by atoms with E-state index in [9.17, 15) is 14.4 Å². The maximum Gasteiger partial charge on any atom is 0.339 e. The molecule has 1 N–H and O–H groups in total. The lowest BCUT2D eigenvalue weighted by Crippen LogP contribution is -2.30. The highest BCUT2D eigenvalue weighted by Gasteiger charge is 2.24. The molecule has 4 aromatic rings. The van der Waals surface area contributed by atoms with Gasteiger partial charge in [-0.1, -0.05) is 47.1 Å². The number of aryl methyl sites for hydroxylation is 2. The first-order chi connectivity index (χ1) is 16.2. The number of ether oxygens (including phenoxy) is 1. The van der Waals surface area contributed by atoms with E-state index in [0.29, 0.717) is 28.0 Å². The Balaban J connectivity index is 1.59. The molecule has 1 unspecified atom stereocenters. The third-order valence-electron chi connectivity index (χ3n) is 5.37. The molecule has 172 valence electrons. The Morgan fingerprint density at radius 1 is 1.03 bits per heavy atom. The molecule has 34 heavy (non-hydrogen) atoms. The number of nitrogens with one attached hydrogen (secondary N) is 1. The van der Waals surface area contributed by atoms with Crippen LogP contribution in [-0.4, -0.2) is 33.9 Å². The van der Waals surface area contributed by atoms with E-state index >= 15 is 0 Å². The van der Waals surface area contributed by atoms with Crippen LogP contribution in [0.3, 0.4) is 0 Å². The van der Waals surface area contributed by atoms with Gasteiger partial charge in [-0.15, -0.1) is 0 Å². The normalized spacial score (nSPS) is 11.8. The molecule has 0 bridgehead atoms. The maximum atomic E-state index is 13.1. The molecule has 8 nitrogen and oxygen atoms in total. The standard InChI is InChI=1S/C26H23N3O5/c1-14-8-10-18(11-9-14)22-13-21(23-15(2)29-34-25(23)28-22)26(32)33-17(4)24(31)27-20-7-5-6-19(12-20)16(3)30/h5-13,17H,1-4H3,(H,27,31). The minimum Gasteiger partial charge on any atom is -0.449 e. The maximum absolute atomic E-state index is 13.1. The van der Waals surface area contributed by atoms with Crippen LogP contribution in [0.25, 0.3) is 22.4 Å². The quantitative estimate of drug-likeness (QED) is 0.324. The number of nitrogens with zero attached hydrogens (tertiary/aromatic N) is 2. The molecule has 0 spiro atoms. The van der Waals surface area contributed by atoms with E-state index in [-0.39, 0.29) is 17.1 Å².